The topological polar surface area (TPSA) is 83.3 Å². The zero-order valence-corrected chi connectivity index (χ0v) is 15.7. The lowest BCUT2D eigenvalue weighted by molar-refractivity contribution is 0.264. The number of benzene rings is 1. The van der Waals surface area contributed by atoms with Crippen LogP contribution < -0.4 is 10.4 Å². The summed E-state index contributed by atoms with van der Waals surface area (Å²) in [4.78, 5) is 12.0. The van der Waals surface area contributed by atoms with Gasteiger partial charge in [-0.05, 0) is 62.1 Å². The van der Waals surface area contributed by atoms with Gasteiger partial charge in [-0.2, -0.15) is 0 Å². The van der Waals surface area contributed by atoms with Crippen molar-refractivity contribution in [3.8, 4) is 17.3 Å². The molecule has 1 aromatic carbocycles. The Hall–Kier alpha value is -3.35. The van der Waals surface area contributed by atoms with Gasteiger partial charge in [0.15, 0.2) is 6.61 Å². The highest BCUT2D eigenvalue weighted by Gasteiger charge is 2.20. The second kappa shape index (κ2) is 6.37. The van der Waals surface area contributed by atoms with Crippen molar-refractivity contribution in [2.45, 2.75) is 32.8 Å². The summed E-state index contributed by atoms with van der Waals surface area (Å²) in [5.41, 5.74) is 4.23. The summed E-state index contributed by atoms with van der Waals surface area (Å²) in [6.07, 6.45) is 2.65. The number of nitrogens with zero attached hydrogens (tertiary/aromatic N) is 3. The molecule has 1 aliphatic carbocycles. The summed E-state index contributed by atoms with van der Waals surface area (Å²) in [5, 5.41) is 9.13. The van der Waals surface area contributed by atoms with Crippen LogP contribution in [0.4, 0.5) is 0 Å². The average molecular weight is 377 g/mol. The molecule has 0 atom stereocenters. The summed E-state index contributed by atoms with van der Waals surface area (Å²) in [5.74, 6) is 1.54. The van der Waals surface area contributed by atoms with Crippen molar-refractivity contribution >= 4 is 11.0 Å². The second-order valence-corrected chi connectivity index (χ2v) is 7.07. The molecule has 7 nitrogen and oxygen atoms in total. The molecule has 0 aliphatic heterocycles. The van der Waals surface area contributed by atoms with Crippen molar-refractivity contribution < 1.29 is 13.6 Å². The van der Waals surface area contributed by atoms with Gasteiger partial charge in [0, 0.05) is 23.7 Å². The molecule has 3 heterocycles. The molecule has 142 valence electrons. The van der Waals surface area contributed by atoms with Gasteiger partial charge in [-0.15, -0.1) is 10.2 Å². The summed E-state index contributed by atoms with van der Waals surface area (Å²) in [6, 6.07) is 9.42. The minimum atomic E-state index is -0.219. The smallest absolute Gasteiger partial charge is 0.339 e. The molecule has 0 bridgehead atoms. The Balaban J connectivity index is 1.39. The molecule has 5 rings (SSSR count). The van der Waals surface area contributed by atoms with Gasteiger partial charge in [0.25, 0.3) is 11.8 Å². The standard InChI is InChI=1S/C21H19N3O4/c1-12-6-8-17(24(12)2)20-23-22-19(28-20)11-26-13-7-9-18-16(10-13)14-4-3-5-15(14)21(25)27-18/h6-10H,3-5,11H2,1-2H3. The van der Waals surface area contributed by atoms with Gasteiger partial charge in [-0.1, -0.05) is 0 Å². The first kappa shape index (κ1) is 16.8. The van der Waals surface area contributed by atoms with Crippen LogP contribution in [0, 0.1) is 6.92 Å². The van der Waals surface area contributed by atoms with E-state index in [0.717, 1.165) is 47.2 Å². The van der Waals surface area contributed by atoms with Crippen molar-refractivity contribution in [2.75, 3.05) is 0 Å². The fourth-order valence-corrected chi connectivity index (χ4v) is 3.74. The van der Waals surface area contributed by atoms with Crippen LogP contribution in [0.1, 0.15) is 29.1 Å². The van der Waals surface area contributed by atoms with E-state index >= 15 is 0 Å². The molecule has 0 fully saturated rings. The number of fused-ring (bicyclic) bond motifs is 3. The predicted octanol–water partition coefficient (Wildman–Crippen LogP) is 3.56. The maximum absolute atomic E-state index is 12.0. The monoisotopic (exact) mass is 377 g/mol. The van der Waals surface area contributed by atoms with Gasteiger partial charge in [0.05, 0.1) is 0 Å². The molecular formula is C21H19N3O4. The molecule has 0 spiro atoms. The number of aromatic nitrogens is 3. The highest BCUT2D eigenvalue weighted by molar-refractivity contribution is 5.83. The maximum atomic E-state index is 12.0. The van der Waals surface area contributed by atoms with E-state index in [1.807, 2.05) is 36.7 Å². The number of ether oxygens (including phenoxy) is 1. The number of aryl methyl sites for hydroxylation is 2. The van der Waals surface area contributed by atoms with E-state index in [2.05, 4.69) is 10.2 Å². The Morgan fingerprint density at radius 2 is 1.96 bits per heavy atom. The minimum absolute atomic E-state index is 0.168. The van der Waals surface area contributed by atoms with Crippen LogP contribution in [0.5, 0.6) is 5.75 Å². The molecule has 4 aromatic rings. The van der Waals surface area contributed by atoms with Gasteiger partial charge in [-0.25, -0.2) is 4.79 Å². The van der Waals surface area contributed by atoms with Gasteiger partial charge >= 0.3 is 5.63 Å². The van der Waals surface area contributed by atoms with Gasteiger partial charge < -0.3 is 18.1 Å². The van der Waals surface area contributed by atoms with Crippen LogP contribution in [0.3, 0.4) is 0 Å². The van der Waals surface area contributed by atoms with Crippen LogP contribution in [0.15, 0.2) is 44.0 Å². The normalized spacial score (nSPS) is 13.2. The van der Waals surface area contributed by atoms with Crippen LogP contribution >= 0.6 is 0 Å². The van der Waals surface area contributed by atoms with E-state index in [1.165, 1.54) is 0 Å². The van der Waals surface area contributed by atoms with Crippen LogP contribution in [-0.2, 0) is 26.5 Å². The number of hydrogen-bond donors (Lipinski definition) is 0. The zero-order chi connectivity index (χ0) is 19.3. The van der Waals surface area contributed by atoms with Gasteiger partial charge in [0.1, 0.15) is 17.0 Å². The molecule has 0 radical (unpaired) electrons. The largest absolute Gasteiger partial charge is 0.484 e. The molecule has 0 N–H and O–H groups in total. The molecule has 3 aromatic heterocycles. The Morgan fingerprint density at radius 1 is 1.11 bits per heavy atom. The minimum Gasteiger partial charge on any atom is -0.484 e. The highest BCUT2D eigenvalue weighted by atomic mass is 16.5. The summed E-state index contributed by atoms with van der Waals surface area (Å²) >= 11 is 0. The molecule has 0 amide bonds. The lowest BCUT2D eigenvalue weighted by Gasteiger charge is -2.07. The Kier molecular flexibility index (Phi) is 3.82. The summed E-state index contributed by atoms with van der Waals surface area (Å²) in [7, 11) is 1.96. The molecular weight excluding hydrogens is 358 g/mol. The number of rotatable bonds is 4. The lowest BCUT2D eigenvalue weighted by atomic mass is 10.1. The first-order chi connectivity index (χ1) is 13.6. The number of hydrogen-bond acceptors (Lipinski definition) is 6. The molecule has 1 aliphatic rings. The highest BCUT2D eigenvalue weighted by Crippen LogP contribution is 2.30. The van der Waals surface area contributed by atoms with Crippen molar-refractivity contribution in [1.82, 2.24) is 14.8 Å². The molecule has 28 heavy (non-hydrogen) atoms. The van der Waals surface area contributed by atoms with Gasteiger partial charge in [0.2, 0.25) is 0 Å². The molecule has 0 saturated carbocycles. The summed E-state index contributed by atoms with van der Waals surface area (Å²) in [6.45, 7) is 2.18. The van der Waals surface area contributed by atoms with Crippen molar-refractivity contribution in [1.29, 1.82) is 0 Å². The van der Waals surface area contributed by atoms with Gasteiger partial charge in [-0.3, -0.25) is 0 Å². The predicted molar refractivity (Wildman–Crippen MR) is 102 cm³/mol. The SMILES string of the molecule is Cc1ccc(-c2nnc(COc3ccc4oc(=O)c5c(c4c3)CCC5)o2)n1C. The van der Waals surface area contributed by atoms with E-state index < -0.39 is 0 Å². The van der Waals surface area contributed by atoms with Crippen LogP contribution in [-0.4, -0.2) is 14.8 Å². The van der Waals surface area contributed by atoms with Crippen molar-refractivity contribution in [3.05, 3.63) is 63.5 Å². The zero-order valence-electron chi connectivity index (χ0n) is 15.7. The third kappa shape index (κ3) is 2.70. The second-order valence-electron chi connectivity index (χ2n) is 7.07. The first-order valence-corrected chi connectivity index (χ1v) is 9.26. The molecule has 7 heteroatoms. The molecule has 0 saturated heterocycles. The third-order valence-electron chi connectivity index (χ3n) is 5.36. The van der Waals surface area contributed by atoms with Crippen molar-refractivity contribution in [3.63, 3.8) is 0 Å². The van der Waals surface area contributed by atoms with Crippen molar-refractivity contribution in [2.24, 2.45) is 7.05 Å². The quantitative estimate of drug-likeness (QED) is 0.506. The van der Waals surface area contributed by atoms with E-state index in [-0.39, 0.29) is 12.2 Å². The van der Waals surface area contributed by atoms with Crippen LogP contribution in [0.2, 0.25) is 0 Å². The van der Waals surface area contributed by atoms with E-state index in [4.69, 9.17) is 13.6 Å². The maximum Gasteiger partial charge on any atom is 0.339 e. The Bertz CT molecular complexity index is 1250. The van der Waals surface area contributed by atoms with E-state index in [9.17, 15) is 4.79 Å². The fourth-order valence-electron chi connectivity index (χ4n) is 3.74. The first-order valence-electron chi connectivity index (χ1n) is 9.26. The Labute approximate surface area is 160 Å². The average Bonchev–Trinajstić information content (AvgIpc) is 3.42. The Morgan fingerprint density at radius 3 is 2.79 bits per heavy atom. The van der Waals surface area contributed by atoms with E-state index in [1.54, 1.807) is 12.1 Å². The fraction of sp³-hybridized carbons (Fsp3) is 0.286. The summed E-state index contributed by atoms with van der Waals surface area (Å²) < 4.78 is 19.0. The van der Waals surface area contributed by atoms with Crippen LogP contribution in [0.25, 0.3) is 22.6 Å². The molecule has 0 unspecified atom stereocenters. The lowest BCUT2D eigenvalue weighted by Crippen LogP contribution is -2.06. The third-order valence-corrected chi connectivity index (χ3v) is 5.36. The van der Waals surface area contributed by atoms with E-state index in [0.29, 0.717) is 23.1 Å².